The van der Waals surface area contributed by atoms with Gasteiger partial charge in [-0.3, -0.25) is 4.79 Å². The minimum Gasteiger partial charge on any atom is -0.370 e. The molecule has 1 aliphatic heterocycles. The Balaban J connectivity index is 2.45. The minimum atomic E-state index is -1.51. The first kappa shape index (κ1) is 18.3. The highest BCUT2D eigenvalue weighted by Gasteiger charge is 2.42. The first-order chi connectivity index (χ1) is 9.45. The van der Waals surface area contributed by atoms with Crippen LogP contribution >= 0.6 is 34.8 Å². The van der Waals surface area contributed by atoms with E-state index in [1.54, 1.807) is 0 Å². The van der Waals surface area contributed by atoms with Crippen LogP contribution in [0.2, 0.25) is 0 Å². The molecule has 0 aromatic heterocycles. The van der Waals surface area contributed by atoms with Crippen LogP contribution in [-0.4, -0.2) is 42.2 Å². The topological polar surface area (TPSA) is 42.8 Å². The van der Waals surface area contributed by atoms with Crippen LogP contribution in [0, 0.1) is 0 Å². The summed E-state index contributed by atoms with van der Waals surface area (Å²) in [7, 11) is 0. The molecule has 1 atom stereocenters. The Morgan fingerprint density at radius 1 is 1.25 bits per heavy atom. The van der Waals surface area contributed by atoms with E-state index in [9.17, 15) is 4.79 Å². The Morgan fingerprint density at radius 3 is 2.45 bits per heavy atom. The monoisotopic (exact) mass is 345 g/mol. The predicted octanol–water partition coefficient (Wildman–Crippen LogP) is 1.68. The van der Waals surface area contributed by atoms with Crippen molar-refractivity contribution < 1.29 is 14.4 Å². The summed E-state index contributed by atoms with van der Waals surface area (Å²) in [5.74, 6) is -0.0450. The third-order valence-electron chi connectivity index (χ3n) is 3.43. The third kappa shape index (κ3) is 6.81. The minimum absolute atomic E-state index is 0.0450. The predicted molar refractivity (Wildman–Crippen MR) is 82.5 cm³/mol. The molecule has 1 heterocycles. The largest absolute Gasteiger partial charge is 0.370 e. The lowest BCUT2D eigenvalue weighted by molar-refractivity contribution is -0.934. The van der Waals surface area contributed by atoms with Gasteiger partial charge in [0.05, 0.1) is 13.2 Å². The number of hydrogen-bond donors (Lipinski definition) is 2. The van der Waals surface area contributed by atoms with Crippen LogP contribution < -0.4 is 10.2 Å². The van der Waals surface area contributed by atoms with Crippen molar-refractivity contribution in [2.75, 3.05) is 26.3 Å². The van der Waals surface area contributed by atoms with Crippen molar-refractivity contribution in [1.29, 1.82) is 0 Å². The summed E-state index contributed by atoms with van der Waals surface area (Å²) in [6.45, 7) is 4.85. The fourth-order valence-electron chi connectivity index (χ4n) is 2.28. The molecule has 4 nitrogen and oxygen atoms in total. The second kappa shape index (κ2) is 9.31. The second-order valence-corrected chi connectivity index (χ2v) is 7.49. The van der Waals surface area contributed by atoms with Crippen LogP contribution in [0.4, 0.5) is 0 Å². The van der Waals surface area contributed by atoms with E-state index in [2.05, 4.69) is 12.2 Å². The quantitative estimate of drug-likeness (QED) is 0.544. The van der Waals surface area contributed by atoms with E-state index in [4.69, 9.17) is 39.5 Å². The Labute approximate surface area is 136 Å². The number of hydrogen-bond acceptors (Lipinski definition) is 2. The fraction of sp³-hybridized carbons (Fsp3) is 0.923. The summed E-state index contributed by atoms with van der Waals surface area (Å²) < 4.78 is 3.79. The van der Waals surface area contributed by atoms with Gasteiger partial charge in [0.15, 0.2) is 0 Å². The standard InChI is InChI=1S/C13H23Cl3N2O2/c1-2-3-4-5-6-11(19)17-12(13(14,15)16)18-7-9-20-10-8-18/h12H,2-10H2,1H3,(H,17,19)/p+1/t12-/m1/s1. The summed E-state index contributed by atoms with van der Waals surface area (Å²) in [4.78, 5) is 13.0. The highest BCUT2D eigenvalue weighted by molar-refractivity contribution is 6.68. The molecule has 0 aromatic carbocycles. The first-order valence-electron chi connectivity index (χ1n) is 7.23. The van der Waals surface area contributed by atoms with Crippen molar-refractivity contribution in [3.63, 3.8) is 0 Å². The highest BCUT2D eigenvalue weighted by Crippen LogP contribution is 2.28. The molecule has 118 valence electrons. The number of morpholine rings is 1. The van der Waals surface area contributed by atoms with Crippen molar-refractivity contribution >= 4 is 40.7 Å². The normalized spacial score (nSPS) is 18.8. The van der Waals surface area contributed by atoms with E-state index in [-0.39, 0.29) is 5.91 Å². The van der Waals surface area contributed by atoms with Gasteiger partial charge in [0.2, 0.25) is 12.1 Å². The molecular formula is C13H24Cl3N2O2+. The van der Waals surface area contributed by atoms with Crippen molar-refractivity contribution in [2.45, 2.75) is 49.0 Å². The van der Waals surface area contributed by atoms with Gasteiger partial charge in [-0.25, -0.2) is 0 Å². The fourth-order valence-corrected chi connectivity index (χ4v) is 2.91. The number of carbonyl (C=O) groups excluding carboxylic acids is 1. The van der Waals surface area contributed by atoms with E-state index >= 15 is 0 Å². The zero-order valence-electron chi connectivity index (χ0n) is 11.9. The number of amides is 1. The van der Waals surface area contributed by atoms with Crippen molar-refractivity contribution in [3.8, 4) is 0 Å². The van der Waals surface area contributed by atoms with Crippen LogP contribution in [-0.2, 0) is 9.53 Å². The molecular weight excluding hydrogens is 323 g/mol. The first-order valence-corrected chi connectivity index (χ1v) is 8.37. The Bertz CT molecular complexity index is 292. The van der Waals surface area contributed by atoms with Crippen LogP contribution in [0.5, 0.6) is 0 Å². The maximum Gasteiger partial charge on any atom is 0.262 e. The third-order valence-corrected chi connectivity index (χ3v) is 4.09. The van der Waals surface area contributed by atoms with Gasteiger partial charge in [0.25, 0.3) is 3.79 Å². The average molecular weight is 347 g/mol. The van der Waals surface area contributed by atoms with Crippen molar-refractivity contribution in [2.24, 2.45) is 0 Å². The lowest BCUT2D eigenvalue weighted by atomic mass is 10.1. The lowest BCUT2D eigenvalue weighted by Gasteiger charge is -2.35. The maximum atomic E-state index is 12.0. The number of unbranched alkanes of at least 4 members (excludes halogenated alkanes) is 3. The Hall–Kier alpha value is 0.260. The number of ether oxygens (including phenoxy) is 1. The molecule has 20 heavy (non-hydrogen) atoms. The van der Waals surface area contributed by atoms with Crippen LogP contribution in [0.25, 0.3) is 0 Å². The second-order valence-electron chi connectivity index (χ2n) is 5.12. The number of rotatable bonds is 7. The number of carbonyl (C=O) groups is 1. The van der Waals surface area contributed by atoms with Crippen molar-refractivity contribution in [3.05, 3.63) is 0 Å². The summed E-state index contributed by atoms with van der Waals surface area (Å²) in [5, 5.41) is 2.88. The Morgan fingerprint density at radius 2 is 1.90 bits per heavy atom. The molecule has 0 radical (unpaired) electrons. The molecule has 2 N–H and O–H groups in total. The Kier molecular flexibility index (Phi) is 8.53. The number of quaternary nitrogens is 1. The molecule has 0 aliphatic carbocycles. The van der Waals surface area contributed by atoms with E-state index in [0.29, 0.717) is 19.6 Å². The SMILES string of the molecule is CCCCCCC(=O)N[C@H]([NH+]1CCOCC1)C(Cl)(Cl)Cl. The molecule has 0 spiro atoms. The molecule has 0 unspecified atom stereocenters. The van der Waals surface area contributed by atoms with Gasteiger partial charge < -0.3 is 15.0 Å². The summed E-state index contributed by atoms with van der Waals surface area (Å²) in [5.41, 5.74) is 0. The molecule has 1 amide bonds. The van der Waals surface area contributed by atoms with E-state index < -0.39 is 9.96 Å². The number of nitrogens with one attached hydrogen (secondary N) is 2. The summed E-state index contributed by atoms with van der Waals surface area (Å²) >= 11 is 18.0. The number of alkyl halides is 3. The molecule has 1 aliphatic rings. The lowest BCUT2D eigenvalue weighted by Crippen LogP contribution is -3.21. The van der Waals surface area contributed by atoms with Gasteiger partial charge in [-0.2, -0.15) is 0 Å². The molecule has 1 saturated heterocycles. The zero-order valence-corrected chi connectivity index (χ0v) is 14.2. The number of halogens is 3. The van der Waals surface area contributed by atoms with Crippen LogP contribution in [0.1, 0.15) is 39.0 Å². The molecule has 7 heteroatoms. The van der Waals surface area contributed by atoms with Gasteiger partial charge >= 0.3 is 0 Å². The zero-order chi connectivity index (χ0) is 15.0. The van der Waals surface area contributed by atoms with Gasteiger partial charge in [-0.15, -0.1) is 0 Å². The highest BCUT2D eigenvalue weighted by atomic mass is 35.6. The van der Waals surface area contributed by atoms with Crippen LogP contribution in [0.15, 0.2) is 0 Å². The molecule has 0 saturated carbocycles. The smallest absolute Gasteiger partial charge is 0.262 e. The van der Waals surface area contributed by atoms with Gasteiger partial charge in [-0.1, -0.05) is 61.0 Å². The van der Waals surface area contributed by atoms with Crippen LogP contribution in [0.3, 0.4) is 0 Å². The van der Waals surface area contributed by atoms with E-state index in [1.165, 1.54) is 0 Å². The summed E-state index contributed by atoms with van der Waals surface area (Å²) in [6.07, 6.45) is 4.21. The van der Waals surface area contributed by atoms with E-state index in [0.717, 1.165) is 43.7 Å². The molecule has 0 bridgehead atoms. The van der Waals surface area contributed by atoms with E-state index in [1.807, 2.05) is 0 Å². The molecule has 1 rings (SSSR count). The molecule has 0 aromatic rings. The van der Waals surface area contributed by atoms with Gasteiger partial charge in [-0.05, 0) is 6.42 Å². The van der Waals surface area contributed by atoms with Gasteiger partial charge in [0.1, 0.15) is 13.1 Å². The maximum absolute atomic E-state index is 12.0. The molecule has 1 fully saturated rings. The average Bonchev–Trinajstić information content (AvgIpc) is 2.41. The van der Waals surface area contributed by atoms with Gasteiger partial charge in [0, 0.05) is 6.42 Å². The van der Waals surface area contributed by atoms with Crippen molar-refractivity contribution in [1.82, 2.24) is 5.32 Å². The summed E-state index contributed by atoms with van der Waals surface area (Å²) in [6, 6.07) is 0.